The van der Waals surface area contributed by atoms with E-state index in [-0.39, 0.29) is 24.5 Å². The Morgan fingerprint density at radius 1 is 1.21 bits per heavy atom. The zero-order chi connectivity index (χ0) is 20.0. The van der Waals surface area contributed by atoms with Crippen molar-refractivity contribution in [2.75, 3.05) is 25.3 Å². The third-order valence-electron chi connectivity index (χ3n) is 5.46. The summed E-state index contributed by atoms with van der Waals surface area (Å²) in [5.74, 6) is 0.566. The van der Waals surface area contributed by atoms with Gasteiger partial charge in [-0.2, -0.15) is 0 Å². The lowest BCUT2D eigenvalue weighted by Gasteiger charge is -2.39. The van der Waals surface area contributed by atoms with Crippen LogP contribution < -0.4 is 14.8 Å². The first-order chi connectivity index (χ1) is 14.1. The Morgan fingerprint density at radius 3 is 2.76 bits per heavy atom. The predicted molar refractivity (Wildman–Crippen MR) is 102 cm³/mol. The number of nitro benzene ring substituents is 1. The van der Waals surface area contributed by atoms with Crippen LogP contribution in [-0.4, -0.2) is 41.8 Å². The van der Waals surface area contributed by atoms with E-state index < -0.39 is 11.1 Å². The molecule has 0 spiro atoms. The molecule has 150 valence electrons. The van der Waals surface area contributed by atoms with Crippen molar-refractivity contribution in [3.63, 3.8) is 0 Å². The molecule has 5 rings (SSSR count). The number of benzene rings is 2. The summed E-state index contributed by atoms with van der Waals surface area (Å²) >= 11 is 0. The predicted octanol–water partition coefficient (Wildman–Crippen LogP) is 3.07. The fourth-order valence-electron chi connectivity index (χ4n) is 4.06. The van der Waals surface area contributed by atoms with Crippen LogP contribution in [0, 0.1) is 10.1 Å². The lowest BCUT2D eigenvalue weighted by Crippen LogP contribution is -2.46. The average molecular weight is 397 g/mol. The van der Waals surface area contributed by atoms with Gasteiger partial charge in [0.2, 0.25) is 6.79 Å². The molecule has 2 aromatic carbocycles. The molecule has 1 fully saturated rings. The Kier molecular flexibility index (Phi) is 4.24. The number of para-hydroxylation sites is 1. The number of carbonyl (C=O) groups excluding carboxylic acids is 1. The molecule has 0 radical (unpaired) electrons. The van der Waals surface area contributed by atoms with Crippen LogP contribution in [0.25, 0.3) is 0 Å². The van der Waals surface area contributed by atoms with E-state index in [9.17, 15) is 14.9 Å². The van der Waals surface area contributed by atoms with Gasteiger partial charge in [0.25, 0.3) is 11.6 Å². The number of anilines is 1. The minimum absolute atomic E-state index is 0.00935. The van der Waals surface area contributed by atoms with Crippen LogP contribution in [0.3, 0.4) is 0 Å². The molecule has 0 unspecified atom stereocenters. The highest BCUT2D eigenvalue weighted by atomic mass is 16.7. The second kappa shape index (κ2) is 6.93. The molecule has 3 aliphatic heterocycles. The Balaban J connectivity index is 1.61. The molecule has 2 aromatic rings. The molecule has 1 N–H and O–H groups in total. The lowest BCUT2D eigenvalue weighted by atomic mass is 10.0. The Hall–Kier alpha value is -3.33. The molecule has 0 saturated carbocycles. The zero-order valence-electron chi connectivity index (χ0n) is 15.5. The van der Waals surface area contributed by atoms with Gasteiger partial charge in [0.1, 0.15) is 6.17 Å². The number of ether oxygens (including phenoxy) is 3. The van der Waals surface area contributed by atoms with Gasteiger partial charge in [-0.1, -0.05) is 12.1 Å². The highest BCUT2D eigenvalue weighted by Gasteiger charge is 2.39. The number of amides is 1. The first-order valence-corrected chi connectivity index (χ1v) is 9.48. The molecule has 2 atom stereocenters. The SMILES string of the molecule is O=C1c2ccccc2N[C@@H](c2cc3c(cc2[N+](=O)[O-])OCO3)N1C[C@@H]1CCCO1. The van der Waals surface area contributed by atoms with Gasteiger partial charge >= 0.3 is 0 Å². The van der Waals surface area contributed by atoms with Crippen molar-refractivity contribution in [1.29, 1.82) is 0 Å². The summed E-state index contributed by atoms with van der Waals surface area (Å²) in [7, 11) is 0. The normalized spacial score (nSPS) is 22.3. The fourth-order valence-corrected chi connectivity index (χ4v) is 4.06. The van der Waals surface area contributed by atoms with E-state index >= 15 is 0 Å². The summed E-state index contributed by atoms with van der Waals surface area (Å²) in [5.41, 5.74) is 1.39. The molecule has 0 aromatic heterocycles. The zero-order valence-corrected chi connectivity index (χ0v) is 15.5. The van der Waals surface area contributed by atoms with E-state index in [2.05, 4.69) is 5.32 Å². The molecule has 0 bridgehead atoms. The minimum Gasteiger partial charge on any atom is -0.454 e. The van der Waals surface area contributed by atoms with Crippen molar-refractivity contribution in [2.24, 2.45) is 0 Å². The van der Waals surface area contributed by atoms with Crippen LogP contribution >= 0.6 is 0 Å². The first-order valence-electron chi connectivity index (χ1n) is 9.48. The molecule has 0 aliphatic carbocycles. The summed E-state index contributed by atoms with van der Waals surface area (Å²) in [6.07, 6.45) is 0.963. The van der Waals surface area contributed by atoms with E-state index in [1.54, 1.807) is 29.2 Å². The molecule has 3 aliphatic rings. The van der Waals surface area contributed by atoms with Crippen molar-refractivity contribution >= 4 is 17.3 Å². The number of hydrogen-bond donors (Lipinski definition) is 1. The first kappa shape index (κ1) is 17.7. The van der Waals surface area contributed by atoms with E-state index in [1.807, 2.05) is 6.07 Å². The van der Waals surface area contributed by atoms with Crippen LogP contribution in [0.15, 0.2) is 36.4 Å². The van der Waals surface area contributed by atoms with Gasteiger partial charge in [-0.3, -0.25) is 14.9 Å². The third kappa shape index (κ3) is 3.03. The van der Waals surface area contributed by atoms with Gasteiger partial charge < -0.3 is 24.4 Å². The van der Waals surface area contributed by atoms with Crippen molar-refractivity contribution in [2.45, 2.75) is 25.1 Å². The molecular weight excluding hydrogens is 378 g/mol. The summed E-state index contributed by atoms with van der Waals surface area (Å²) in [6, 6.07) is 10.1. The summed E-state index contributed by atoms with van der Waals surface area (Å²) in [6.45, 7) is 1.01. The minimum atomic E-state index is -0.725. The van der Waals surface area contributed by atoms with Gasteiger partial charge in [0, 0.05) is 18.8 Å². The van der Waals surface area contributed by atoms with Crippen molar-refractivity contribution in [1.82, 2.24) is 4.90 Å². The van der Waals surface area contributed by atoms with Crippen LogP contribution in [-0.2, 0) is 4.74 Å². The largest absolute Gasteiger partial charge is 0.454 e. The number of nitrogens with zero attached hydrogens (tertiary/aromatic N) is 2. The second-order valence-corrected chi connectivity index (χ2v) is 7.21. The monoisotopic (exact) mass is 397 g/mol. The Bertz CT molecular complexity index is 988. The van der Waals surface area contributed by atoms with E-state index in [4.69, 9.17) is 14.2 Å². The van der Waals surface area contributed by atoms with Crippen LogP contribution in [0.2, 0.25) is 0 Å². The molecular formula is C20H19N3O6. The van der Waals surface area contributed by atoms with Gasteiger partial charge in [-0.15, -0.1) is 0 Å². The van der Waals surface area contributed by atoms with Crippen LogP contribution in [0.1, 0.15) is 34.9 Å². The van der Waals surface area contributed by atoms with Crippen LogP contribution in [0.4, 0.5) is 11.4 Å². The van der Waals surface area contributed by atoms with E-state index in [0.717, 1.165) is 12.8 Å². The quantitative estimate of drug-likeness (QED) is 0.625. The highest BCUT2D eigenvalue weighted by molar-refractivity contribution is 6.01. The maximum Gasteiger partial charge on any atom is 0.280 e. The van der Waals surface area contributed by atoms with E-state index in [0.29, 0.717) is 41.5 Å². The summed E-state index contributed by atoms with van der Waals surface area (Å²) in [4.78, 5) is 26.3. The number of nitro groups is 1. The Morgan fingerprint density at radius 2 is 2.00 bits per heavy atom. The smallest absolute Gasteiger partial charge is 0.280 e. The average Bonchev–Trinajstić information content (AvgIpc) is 3.40. The highest BCUT2D eigenvalue weighted by Crippen LogP contribution is 2.43. The maximum absolute atomic E-state index is 13.3. The van der Waals surface area contributed by atoms with Gasteiger partial charge in [-0.25, -0.2) is 0 Å². The van der Waals surface area contributed by atoms with E-state index in [1.165, 1.54) is 6.07 Å². The Labute approximate surface area is 166 Å². The number of rotatable bonds is 4. The fraction of sp³-hybridized carbons (Fsp3) is 0.350. The number of carbonyl (C=O) groups is 1. The maximum atomic E-state index is 13.3. The van der Waals surface area contributed by atoms with Crippen molar-refractivity contribution in [3.05, 3.63) is 57.6 Å². The molecule has 1 amide bonds. The van der Waals surface area contributed by atoms with Gasteiger partial charge in [-0.05, 0) is 31.0 Å². The number of hydrogen-bond acceptors (Lipinski definition) is 7. The van der Waals surface area contributed by atoms with Gasteiger partial charge in [0.05, 0.1) is 28.2 Å². The molecule has 9 nitrogen and oxygen atoms in total. The van der Waals surface area contributed by atoms with Crippen molar-refractivity contribution < 1.29 is 23.9 Å². The molecule has 9 heteroatoms. The number of fused-ring (bicyclic) bond motifs is 2. The molecule has 1 saturated heterocycles. The summed E-state index contributed by atoms with van der Waals surface area (Å²) in [5, 5.41) is 15.1. The second-order valence-electron chi connectivity index (χ2n) is 7.21. The standard InChI is InChI=1S/C20H19N3O6/c24-20-13-5-1-2-6-15(13)21-19(22(20)10-12-4-3-7-27-12)14-8-17-18(29-11-28-17)9-16(14)23(25)26/h1-2,5-6,8-9,12,19,21H,3-4,7,10-11H2/t12-,19+/m0/s1. The summed E-state index contributed by atoms with van der Waals surface area (Å²) < 4.78 is 16.5. The van der Waals surface area contributed by atoms with Crippen molar-refractivity contribution in [3.8, 4) is 11.5 Å². The van der Waals surface area contributed by atoms with Crippen LogP contribution in [0.5, 0.6) is 11.5 Å². The lowest BCUT2D eigenvalue weighted by molar-refractivity contribution is -0.385. The third-order valence-corrected chi connectivity index (χ3v) is 5.46. The number of nitrogens with one attached hydrogen (secondary N) is 1. The molecule has 29 heavy (non-hydrogen) atoms. The molecule has 3 heterocycles. The topological polar surface area (TPSA) is 103 Å². The van der Waals surface area contributed by atoms with Gasteiger partial charge in [0.15, 0.2) is 11.5 Å².